The third-order valence-electron chi connectivity index (χ3n) is 4.33. The second kappa shape index (κ2) is 7.99. The molecule has 1 heteroatoms. The maximum Gasteiger partial charge on any atom is 0.0351 e. The van der Waals surface area contributed by atoms with E-state index in [9.17, 15) is 0 Å². The molecule has 1 unspecified atom stereocenters. The molecule has 1 atom stereocenters. The van der Waals surface area contributed by atoms with E-state index in [4.69, 9.17) is 0 Å². The summed E-state index contributed by atoms with van der Waals surface area (Å²) < 4.78 is 0. The molecule has 0 heterocycles. The van der Waals surface area contributed by atoms with Crippen molar-refractivity contribution in [1.82, 2.24) is 5.32 Å². The molecule has 0 aromatic heterocycles. The SMILES string of the molecule is CCC(CC)C(NCc1ccc(C)cc1)c1ccccc1. The molecule has 1 N–H and O–H groups in total. The van der Waals surface area contributed by atoms with Crippen LogP contribution in [0.5, 0.6) is 0 Å². The van der Waals surface area contributed by atoms with Gasteiger partial charge in [0.05, 0.1) is 0 Å². The number of hydrogen-bond donors (Lipinski definition) is 1. The van der Waals surface area contributed by atoms with Gasteiger partial charge in [-0.2, -0.15) is 0 Å². The van der Waals surface area contributed by atoms with Gasteiger partial charge in [0.25, 0.3) is 0 Å². The second-order valence-corrected chi connectivity index (χ2v) is 5.83. The minimum atomic E-state index is 0.433. The van der Waals surface area contributed by atoms with Crippen molar-refractivity contribution < 1.29 is 0 Å². The zero-order valence-corrected chi connectivity index (χ0v) is 13.5. The predicted molar refractivity (Wildman–Crippen MR) is 91.3 cm³/mol. The molecule has 0 amide bonds. The summed E-state index contributed by atoms with van der Waals surface area (Å²) in [7, 11) is 0. The maximum atomic E-state index is 3.77. The number of nitrogens with one attached hydrogen (secondary N) is 1. The summed E-state index contributed by atoms with van der Waals surface area (Å²) in [6, 6.07) is 20.1. The van der Waals surface area contributed by atoms with Crippen LogP contribution in [0.1, 0.15) is 49.4 Å². The number of aryl methyl sites for hydroxylation is 1. The Kier molecular flexibility index (Phi) is 6.01. The van der Waals surface area contributed by atoms with Gasteiger partial charge in [-0.05, 0) is 24.0 Å². The number of benzene rings is 2. The average molecular weight is 281 g/mol. The van der Waals surface area contributed by atoms with E-state index in [-0.39, 0.29) is 0 Å². The van der Waals surface area contributed by atoms with Gasteiger partial charge in [-0.3, -0.25) is 0 Å². The van der Waals surface area contributed by atoms with E-state index >= 15 is 0 Å². The van der Waals surface area contributed by atoms with Gasteiger partial charge >= 0.3 is 0 Å². The molecule has 112 valence electrons. The average Bonchev–Trinajstić information content (AvgIpc) is 2.54. The second-order valence-electron chi connectivity index (χ2n) is 5.83. The molecular formula is C20H27N. The highest BCUT2D eigenvalue weighted by atomic mass is 14.9. The summed E-state index contributed by atoms with van der Waals surface area (Å²) in [6.07, 6.45) is 2.41. The smallest absolute Gasteiger partial charge is 0.0351 e. The molecular weight excluding hydrogens is 254 g/mol. The molecule has 0 fully saturated rings. The number of hydrogen-bond acceptors (Lipinski definition) is 1. The lowest BCUT2D eigenvalue weighted by Crippen LogP contribution is -2.27. The topological polar surface area (TPSA) is 12.0 Å². The van der Waals surface area contributed by atoms with Crippen LogP contribution in [0.4, 0.5) is 0 Å². The first-order valence-electron chi connectivity index (χ1n) is 8.08. The van der Waals surface area contributed by atoms with Crippen molar-refractivity contribution in [3.05, 3.63) is 71.3 Å². The zero-order chi connectivity index (χ0) is 15.1. The molecule has 0 aliphatic heterocycles. The van der Waals surface area contributed by atoms with Crippen molar-refractivity contribution in [3.63, 3.8) is 0 Å². The highest BCUT2D eigenvalue weighted by Crippen LogP contribution is 2.27. The van der Waals surface area contributed by atoms with E-state index in [1.807, 2.05) is 0 Å². The van der Waals surface area contributed by atoms with Crippen molar-refractivity contribution >= 4 is 0 Å². The minimum Gasteiger partial charge on any atom is -0.306 e. The summed E-state index contributed by atoms with van der Waals surface area (Å²) >= 11 is 0. The van der Waals surface area contributed by atoms with Crippen molar-refractivity contribution in [2.45, 2.75) is 46.2 Å². The van der Waals surface area contributed by atoms with Gasteiger partial charge < -0.3 is 5.32 Å². The lowest BCUT2D eigenvalue weighted by molar-refractivity contribution is 0.339. The Morgan fingerprint density at radius 2 is 1.48 bits per heavy atom. The Morgan fingerprint density at radius 3 is 2.05 bits per heavy atom. The van der Waals surface area contributed by atoms with Gasteiger partial charge in [0, 0.05) is 12.6 Å². The fourth-order valence-corrected chi connectivity index (χ4v) is 2.91. The van der Waals surface area contributed by atoms with Crippen LogP contribution >= 0.6 is 0 Å². The van der Waals surface area contributed by atoms with E-state index < -0.39 is 0 Å². The molecule has 1 nitrogen and oxygen atoms in total. The van der Waals surface area contributed by atoms with Gasteiger partial charge in [0.15, 0.2) is 0 Å². The fourth-order valence-electron chi connectivity index (χ4n) is 2.91. The van der Waals surface area contributed by atoms with Crippen LogP contribution in [-0.2, 0) is 6.54 Å². The first-order valence-corrected chi connectivity index (χ1v) is 8.08. The molecule has 0 saturated carbocycles. The highest BCUT2D eigenvalue weighted by molar-refractivity contribution is 5.23. The Balaban J connectivity index is 2.10. The normalized spacial score (nSPS) is 12.6. The molecule has 0 spiro atoms. The van der Waals surface area contributed by atoms with E-state index in [0.29, 0.717) is 12.0 Å². The minimum absolute atomic E-state index is 0.433. The molecule has 0 aliphatic rings. The lowest BCUT2D eigenvalue weighted by Gasteiger charge is -2.27. The molecule has 0 aliphatic carbocycles. The predicted octanol–water partition coefficient (Wildman–Crippen LogP) is 5.26. The van der Waals surface area contributed by atoms with E-state index in [1.54, 1.807) is 0 Å². The molecule has 2 rings (SSSR count). The highest BCUT2D eigenvalue weighted by Gasteiger charge is 2.19. The van der Waals surface area contributed by atoms with Crippen LogP contribution in [0.3, 0.4) is 0 Å². The first-order chi connectivity index (χ1) is 10.2. The summed E-state index contributed by atoms with van der Waals surface area (Å²) in [5.74, 6) is 0.679. The quantitative estimate of drug-likeness (QED) is 0.729. The standard InChI is InChI=1S/C20H27N/c1-4-18(5-2)20(19-9-7-6-8-10-19)21-15-17-13-11-16(3)12-14-17/h6-14,18,20-21H,4-5,15H2,1-3H3. The number of rotatable bonds is 7. The van der Waals surface area contributed by atoms with Crippen LogP contribution < -0.4 is 5.32 Å². The first kappa shape index (κ1) is 15.8. The van der Waals surface area contributed by atoms with E-state index in [2.05, 4.69) is 80.7 Å². The van der Waals surface area contributed by atoms with Gasteiger partial charge in [0.2, 0.25) is 0 Å². The van der Waals surface area contributed by atoms with E-state index in [1.165, 1.54) is 29.5 Å². The van der Waals surface area contributed by atoms with Crippen LogP contribution in [0.2, 0.25) is 0 Å². The molecule has 2 aromatic rings. The van der Waals surface area contributed by atoms with Gasteiger partial charge in [0.1, 0.15) is 0 Å². The third kappa shape index (κ3) is 4.44. The van der Waals surface area contributed by atoms with Crippen LogP contribution in [-0.4, -0.2) is 0 Å². The fraction of sp³-hybridized carbons (Fsp3) is 0.400. The lowest BCUT2D eigenvalue weighted by atomic mass is 9.88. The van der Waals surface area contributed by atoms with Gasteiger partial charge in [-0.25, -0.2) is 0 Å². The monoisotopic (exact) mass is 281 g/mol. The summed E-state index contributed by atoms with van der Waals surface area (Å²) in [6.45, 7) is 7.64. The molecule has 0 bridgehead atoms. The van der Waals surface area contributed by atoms with Crippen LogP contribution in [0.25, 0.3) is 0 Å². The summed E-state index contributed by atoms with van der Waals surface area (Å²) in [5, 5.41) is 3.77. The molecule has 0 saturated heterocycles. The van der Waals surface area contributed by atoms with E-state index in [0.717, 1.165) is 6.54 Å². The summed E-state index contributed by atoms with van der Waals surface area (Å²) in [4.78, 5) is 0. The Labute approximate surface area is 129 Å². The van der Waals surface area contributed by atoms with Crippen molar-refractivity contribution in [2.24, 2.45) is 5.92 Å². The van der Waals surface area contributed by atoms with Crippen molar-refractivity contribution in [1.29, 1.82) is 0 Å². The molecule has 21 heavy (non-hydrogen) atoms. The summed E-state index contributed by atoms with van der Waals surface area (Å²) in [5.41, 5.74) is 4.07. The Morgan fingerprint density at radius 1 is 0.857 bits per heavy atom. The Bertz CT molecular complexity index is 511. The van der Waals surface area contributed by atoms with Crippen molar-refractivity contribution in [3.8, 4) is 0 Å². The third-order valence-corrected chi connectivity index (χ3v) is 4.33. The van der Waals surface area contributed by atoms with Gasteiger partial charge in [-0.15, -0.1) is 0 Å². The zero-order valence-electron chi connectivity index (χ0n) is 13.5. The van der Waals surface area contributed by atoms with Crippen LogP contribution in [0, 0.1) is 12.8 Å². The molecule has 0 radical (unpaired) electrons. The molecule has 2 aromatic carbocycles. The van der Waals surface area contributed by atoms with Crippen LogP contribution in [0.15, 0.2) is 54.6 Å². The van der Waals surface area contributed by atoms with Gasteiger partial charge in [-0.1, -0.05) is 86.8 Å². The Hall–Kier alpha value is -1.60. The largest absolute Gasteiger partial charge is 0.306 e. The van der Waals surface area contributed by atoms with Crippen molar-refractivity contribution in [2.75, 3.05) is 0 Å². The maximum absolute atomic E-state index is 3.77.